The number of aliphatic hydroxyl groups excluding tert-OH is 1. The van der Waals surface area contributed by atoms with E-state index in [4.69, 9.17) is 9.47 Å². The number of hydrogen-bond donors (Lipinski definition) is 1. The first-order valence-corrected chi connectivity index (χ1v) is 11.1. The second kappa shape index (κ2) is 10.3. The Kier molecular flexibility index (Phi) is 7.00. The third-order valence-corrected chi connectivity index (χ3v) is 6.13. The van der Waals surface area contributed by atoms with E-state index in [1.165, 1.54) is 36.3 Å². The molecular formula is C27H24N2O7. The predicted molar refractivity (Wildman–Crippen MR) is 132 cm³/mol. The third kappa shape index (κ3) is 4.63. The Hall–Kier alpha value is -4.66. The molecule has 1 heterocycles. The van der Waals surface area contributed by atoms with Gasteiger partial charge in [0.1, 0.15) is 17.3 Å². The molecule has 1 aliphatic heterocycles. The summed E-state index contributed by atoms with van der Waals surface area (Å²) in [5, 5.41) is 22.2. The van der Waals surface area contributed by atoms with Gasteiger partial charge < -0.3 is 19.5 Å². The van der Waals surface area contributed by atoms with Gasteiger partial charge >= 0.3 is 0 Å². The Balaban J connectivity index is 1.77. The zero-order valence-electron chi connectivity index (χ0n) is 19.7. The molecule has 9 nitrogen and oxygen atoms in total. The molecule has 0 aliphatic carbocycles. The fourth-order valence-electron chi connectivity index (χ4n) is 4.26. The van der Waals surface area contributed by atoms with Crippen LogP contribution >= 0.6 is 0 Å². The lowest BCUT2D eigenvalue weighted by atomic mass is 9.94. The van der Waals surface area contributed by atoms with Crippen LogP contribution in [0.3, 0.4) is 0 Å². The van der Waals surface area contributed by atoms with Crippen molar-refractivity contribution >= 4 is 23.1 Å². The monoisotopic (exact) mass is 488 g/mol. The molecule has 0 aromatic heterocycles. The number of Topliss-reactive ketones (excluding diaryl/α,β-unsaturated/α-hetero) is 1. The standard InChI is InChI=1S/C27H24N2O7/c1-35-20-13-7-17(8-14-20)15-16-28-24(21-5-3-4-6-22(21)36-2)23(26(31)27(28)32)25(30)18-9-11-19(12-10-18)29(33)34/h3-14,24,30H,15-16H2,1-2H3/b25-23+. The summed E-state index contributed by atoms with van der Waals surface area (Å²) >= 11 is 0. The number of nitro benzene ring substituents is 1. The van der Waals surface area contributed by atoms with E-state index < -0.39 is 28.4 Å². The number of methoxy groups -OCH3 is 2. The van der Waals surface area contributed by atoms with Crippen LogP contribution in [0, 0.1) is 10.1 Å². The van der Waals surface area contributed by atoms with Crippen molar-refractivity contribution in [2.24, 2.45) is 0 Å². The van der Waals surface area contributed by atoms with E-state index >= 15 is 0 Å². The number of amides is 1. The Morgan fingerprint density at radius 2 is 1.64 bits per heavy atom. The molecule has 1 aliphatic rings. The number of hydrogen-bond acceptors (Lipinski definition) is 7. The van der Waals surface area contributed by atoms with Crippen LogP contribution in [0.15, 0.2) is 78.4 Å². The van der Waals surface area contributed by atoms with Gasteiger partial charge in [0.25, 0.3) is 17.4 Å². The van der Waals surface area contributed by atoms with Gasteiger partial charge in [0.15, 0.2) is 0 Å². The largest absolute Gasteiger partial charge is 0.507 e. The van der Waals surface area contributed by atoms with E-state index in [1.807, 2.05) is 24.3 Å². The van der Waals surface area contributed by atoms with E-state index in [-0.39, 0.29) is 23.4 Å². The number of aliphatic hydroxyl groups is 1. The molecule has 1 saturated heterocycles. The first kappa shape index (κ1) is 24.5. The van der Waals surface area contributed by atoms with Crippen molar-refractivity contribution in [3.63, 3.8) is 0 Å². The van der Waals surface area contributed by atoms with Gasteiger partial charge in [-0.2, -0.15) is 0 Å². The topological polar surface area (TPSA) is 119 Å². The first-order valence-electron chi connectivity index (χ1n) is 11.1. The number of ether oxygens (including phenoxy) is 2. The van der Waals surface area contributed by atoms with Crippen LogP contribution in [0.5, 0.6) is 11.5 Å². The highest BCUT2D eigenvalue weighted by atomic mass is 16.6. The molecule has 1 unspecified atom stereocenters. The highest BCUT2D eigenvalue weighted by Gasteiger charge is 2.46. The number of nitrogens with zero attached hydrogens (tertiary/aromatic N) is 2. The summed E-state index contributed by atoms with van der Waals surface area (Å²) in [6, 6.07) is 18.6. The van der Waals surface area contributed by atoms with Crippen molar-refractivity contribution in [3.05, 3.63) is 105 Å². The number of rotatable bonds is 8. The van der Waals surface area contributed by atoms with E-state index in [0.717, 1.165) is 5.56 Å². The molecule has 4 rings (SSSR count). The molecule has 0 radical (unpaired) electrons. The number of carbonyl (C=O) groups excluding carboxylic acids is 2. The zero-order chi connectivity index (χ0) is 25.8. The van der Waals surface area contributed by atoms with Crippen LogP contribution in [0.25, 0.3) is 5.76 Å². The van der Waals surface area contributed by atoms with Crippen LogP contribution in [0.1, 0.15) is 22.7 Å². The minimum atomic E-state index is -0.908. The normalized spacial score (nSPS) is 16.7. The summed E-state index contributed by atoms with van der Waals surface area (Å²) in [7, 11) is 3.06. The second-order valence-electron chi connectivity index (χ2n) is 8.14. The van der Waals surface area contributed by atoms with Crippen molar-refractivity contribution in [2.75, 3.05) is 20.8 Å². The van der Waals surface area contributed by atoms with Gasteiger partial charge in [-0.05, 0) is 42.3 Å². The van der Waals surface area contributed by atoms with Crippen molar-refractivity contribution in [1.29, 1.82) is 0 Å². The summed E-state index contributed by atoms with van der Waals surface area (Å²) in [5.41, 5.74) is 1.40. The first-order chi connectivity index (χ1) is 17.3. The van der Waals surface area contributed by atoms with Gasteiger partial charge in [-0.25, -0.2) is 0 Å². The van der Waals surface area contributed by atoms with Gasteiger partial charge in [0, 0.05) is 29.8 Å². The number of benzene rings is 3. The second-order valence-corrected chi connectivity index (χ2v) is 8.14. The molecule has 0 bridgehead atoms. The summed E-state index contributed by atoms with van der Waals surface area (Å²) in [4.78, 5) is 38.3. The molecule has 184 valence electrons. The van der Waals surface area contributed by atoms with E-state index in [1.54, 1.807) is 31.4 Å². The molecule has 1 N–H and O–H groups in total. The van der Waals surface area contributed by atoms with Crippen LogP contribution in [-0.2, 0) is 16.0 Å². The molecule has 3 aromatic rings. The number of likely N-dealkylation sites (tertiary alicyclic amines) is 1. The van der Waals surface area contributed by atoms with Gasteiger partial charge in [-0.3, -0.25) is 19.7 Å². The van der Waals surface area contributed by atoms with Crippen LogP contribution in [0.2, 0.25) is 0 Å². The maximum absolute atomic E-state index is 13.2. The van der Waals surface area contributed by atoms with Crippen molar-refractivity contribution in [3.8, 4) is 11.5 Å². The molecule has 9 heteroatoms. The lowest BCUT2D eigenvalue weighted by Gasteiger charge is -2.26. The van der Waals surface area contributed by atoms with Crippen molar-refractivity contribution in [1.82, 2.24) is 4.90 Å². The molecule has 0 spiro atoms. The van der Waals surface area contributed by atoms with E-state index in [9.17, 15) is 24.8 Å². The molecule has 3 aromatic carbocycles. The fraction of sp³-hybridized carbons (Fsp3) is 0.185. The summed E-state index contributed by atoms with van der Waals surface area (Å²) in [5.74, 6) is -0.838. The Bertz CT molecular complexity index is 1330. The van der Waals surface area contributed by atoms with Gasteiger partial charge in [-0.1, -0.05) is 30.3 Å². The predicted octanol–water partition coefficient (Wildman–Crippen LogP) is 4.28. The zero-order valence-corrected chi connectivity index (χ0v) is 19.7. The highest BCUT2D eigenvalue weighted by molar-refractivity contribution is 6.46. The maximum Gasteiger partial charge on any atom is 0.295 e. The maximum atomic E-state index is 13.2. The summed E-state index contributed by atoms with van der Waals surface area (Å²) in [6.07, 6.45) is 0.459. The van der Waals surface area contributed by atoms with Gasteiger partial charge in [0.2, 0.25) is 0 Å². The summed E-state index contributed by atoms with van der Waals surface area (Å²) in [6.45, 7) is 0.205. The Morgan fingerprint density at radius 1 is 0.972 bits per heavy atom. The van der Waals surface area contributed by atoms with E-state index in [2.05, 4.69) is 0 Å². The third-order valence-electron chi connectivity index (χ3n) is 6.13. The quantitative estimate of drug-likeness (QED) is 0.165. The van der Waals surface area contributed by atoms with Crippen molar-refractivity contribution in [2.45, 2.75) is 12.5 Å². The highest BCUT2D eigenvalue weighted by Crippen LogP contribution is 2.42. The minimum absolute atomic E-state index is 0.104. The lowest BCUT2D eigenvalue weighted by molar-refractivity contribution is -0.384. The number of ketones is 1. The van der Waals surface area contributed by atoms with Gasteiger partial charge in [-0.15, -0.1) is 0 Å². The molecule has 1 atom stereocenters. The molecule has 0 saturated carbocycles. The number of nitro groups is 1. The number of non-ortho nitro benzene ring substituents is 1. The average Bonchev–Trinajstić information content (AvgIpc) is 3.16. The number of carbonyl (C=O) groups is 2. The smallest absolute Gasteiger partial charge is 0.295 e. The number of para-hydroxylation sites is 1. The molecule has 36 heavy (non-hydrogen) atoms. The van der Waals surface area contributed by atoms with Crippen LogP contribution in [0.4, 0.5) is 5.69 Å². The fourth-order valence-corrected chi connectivity index (χ4v) is 4.26. The Morgan fingerprint density at radius 3 is 2.25 bits per heavy atom. The van der Waals surface area contributed by atoms with Crippen LogP contribution < -0.4 is 9.47 Å². The SMILES string of the molecule is COc1ccc(CCN2C(=O)C(=O)/C(=C(/O)c3ccc([N+](=O)[O-])cc3)C2c2ccccc2OC)cc1. The molecule has 1 fully saturated rings. The Labute approximate surface area is 207 Å². The summed E-state index contributed by atoms with van der Waals surface area (Å²) < 4.78 is 10.7. The van der Waals surface area contributed by atoms with Crippen molar-refractivity contribution < 1.29 is 29.1 Å². The molecule has 1 amide bonds. The minimum Gasteiger partial charge on any atom is -0.507 e. The van der Waals surface area contributed by atoms with Crippen LogP contribution in [-0.4, -0.2) is 47.4 Å². The van der Waals surface area contributed by atoms with Gasteiger partial charge in [0.05, 0.1) is 30.8 Å². The molecular weight excluding hydrogens is 464 g/mol. The van der Waals surface area contributed by atoms with E-state index in [0.29, 0.717) is 23.5 Å². The lowest BCUT2D eigenvalue weighted by Crippen LogP contribution is -2.31. The average molecular weight is 488 g/mol.